The van der Waals surface area contributed by atoms with Gasteiger partial charge in [-0.15, -0.1) is 0 Å². The third-order valence-corrected chi connectivity index (χ3v) is 7.55. The lowest BCUT2D eigenvalue weighted by Crippen LogP contribution is -2.62. The molecule has 2 bridgehead atoms. The molecular weight excluding hydrogens is 416 g/mol. The highest BCUT2D eigenvalue weighted by Crippen LogP contribution is 2.40. The third kappa shape index (κ3) is 5.07. The molecule has 7 nitrogen and oxygen atoms in total. The van der Waals surface area contributed by atoms with E-state index in [4.69, 9.17) is 9.47 Å². The molecular formula is C23H34N2O5S. The van der Waals surface area contributed by atoms with Gasteiger partial charge in [0, 0.05) is 12.6 Å². The molecule has 1 N–H and O–H groups in total. The Labute approximate surface area is 185 Å². The predicted molar refractivity (Wildman–Crippen MR) is 119 cm³/mol. The zero-order valence-corrected chi connectivity index (χ0v) is 19.5. The fraction of sp³-hybridized carbons (Fsp3) is 0.696. The number of fused-ring (bicyclic) bond motifs is 5. The highest BCUT2D eigenvalue weighted by Gasteiger charge is 2.43. The maximum Gasteiger partial charge on any atom is 0.266 e. The topological polar surface area (TPSA) is 84.9 Å². The van der Waals surface area contributed by atoms with Gasteiger partial charge in [0.15, 0.2) is 5.60 Å². The van der Waals surface area contributed by atoms with Crippen LogP contribution >= 0.6 is 0 Å². The Kier molecular flexibility index (Phi) is 6.34. The van der Waals surface area contributed by atoms with E-state index >= 15 is 0 Å². The average molecular weight is 451 g/mol. The lowest BCUT2D eigenvalue weighted by molar-refractivity contribution is -0.152. The molecule has 1 aliphatic carbocycles. The van der Waals surface area contributed by atoms with Gasteiger partial charge in [0.1, 0.15) is 5.75 Å². The second-order valence-corrected chi connectivity index (χ2v) is 11.4. The molecule has 31 heavy (non-hydrogen) atoms. The lowest BCUT2D eigenvalue weighted by atomic mass is 9.82. The van der Waals surface area contributed by atoms with Crippen molar-refractivity contribution in [2.45, 2.75) is 82.1 Å². The first-order chi connectivity index (χ1) is 14.6. The van der Waals surface area contributed by atoms with Crippen LogP contribution in [0.5, 0.6) is 5.75 Å². The van der Waals surface area contributed by atoms with E-state index in [2.05, 4.69) is 10.8 Å². The molecule has 0 unspecified atom stereocenters. The monoisotopic (exact) mass is 450 g/mol. The number of carbonyl (C=O) groups is 1. The highest BCUT2D eigenvalue weighted by molar-refractivity contribution is 7.88. The molecule has 2 fully saturated rings. The molecule has 1 saturated heterocycles. The lowest BCUT2D eigenvalue weighted by Gasteiger charge is -2.44. The van der Waals surface area contributed by atoms with Crippen LogP contribution in [-0.4, -0.2) is 62.4 Å². The molecule has 0 aromatic heterocycles. The number of ether oxygens (including phenoxy) is 2. The van der Waals surface area contributed by atoms with Gasteiger partial charge in [-0.3, -0.25) is 4.79 Å². The first-order valence-corrected chi connectivity index (χ1v) is 13.2. The summed E-state index contributed by atoms with van der Waals surface area (Å²) in [6.07, 6.45) is 6.64. The first-order valence-electron chi connectivity index (χ1n) is 11.3. The maximum absolute atomic E-state index is 13.7. The zero-order chi connectivity index (χ0) is 22.2. The minimum absolute atomic E-state index is 0.135. The summed E-state index contributed by atoms with van der Waals surface area (Å²) in [6.45, 7) is 4.50. The first kappa shape index (κ1) is 22.6. The number of hydrogen-bond acceptors (Lipinski definition) is 5. The number of sulfonamides is 1. The van der Waals surface area contributed by atoms with E-state index in [9.17, 15) is 13.2 Å². The minimum atomic E-state index is -3.40. The summed E-state index contributed by atoms with van der Waals surface area (Å²) in [7, 11) is -3.40. The Morgan fingerprint density at radius 3 is 2.52 bits per heavy atom. The Balaban J connectivity index is 1.70. The molecule has 8 heteroatoms. The third-order valence-electron chi connectivity index (χ3n) is 6.82. The van der Waals surface area contributed by atoms with Crippen molar-refractivity contribution in [1.29, 1.82) is 0 Å². The Morgan fingerprint density at radius 1 is 1.10 bits per heavy atom. The Morgan fingerprint density at radius 2 is 1.81 bits per heavy atom. The molecule has 0 radical (unpaired) electrons. The van der Waals surface area contributed by atoms with Gasteiger partial charge in [0.2, 0.25) is 10.0 Å². The van der Waals surface area contributed by atoms with Crippen molar-refractivity contribution in [2.24, 2.45) is 0 Å². The summed E-state index contributed by atoms with van der Waals surface area (Å²) in [4.78, 5) is 15.4. The van der Waals surface area contributed by atoms with Gasteiger partial charge >= 0.3 is 0 Å². The van der Waals surface area contributed by atoms with Crippen LogP contribution in [0.1, 0.15) is 63.9 Å². The molecule has 1 aromatic rings. The number of para-hydroxylation sites is 1. The molecule has 2 atom stereocenters. The van der Waals surface area contributed by atoms with E-state index in [0.29, 0.717) is 25.5 Å². The van der Waals surface area contributed by atoms with E-state index in [1.165, 1.54) is 6.26 Å². The number of rotatable bonds is 2. The van der Waals surface area contributed by atoms with Gasteiger partial charge < -0.3 is 14.4 Å². The highest BCUT2D eigenvalue weighted by atomic mass is 32.2. The van der Waals surface area contributed by atoms with Gasteiger partial charge in [0.25, 0.3) is 5.91 Å². The van der Waals surface area contributed by atoms with Gasteiger partial charge in [0.05, 0.1) is 25.0 Å². The summed E-state index contributed by atoms with van der Waals surface area (Å²) >= 11 is 0. The Hall–Kier alpha value is -1.64. The number of amides is 1. The van der Waals surface area contributed by atoms with Crippen molar-refractivity contribution in [2.75, 3.05) is 19.4 Å². The van der Waals surface area contributed by atoms with Gasteiger partial charge in [-0.25, -0.2) is 13.1 Å². The molecule has 5 rings (SSSR count). The second-order valence-electron chi connectivity index (χ2n) is 9.66. The fourth-order valence-electron chi connectivity index (χ4n) is 5.28. The number of nitrogens with zero attached hydrogens (tertiary/aromatic N) is 1. The number of hydrogen-bond donors (Lipinski definition) is 1. The standard InChI is InChI=1S/C23H34N2O5S/c1-23(2)22(26)25-14-6-8-19(24-31(3,27)28)20(25)15-29-17-12-10-16(11-13-17)18-7-4-5-9-21(18)30-23/h4-5,7,9,16-17,19-20,24H,6,8,10-15H2,1-3H3/t16-,17+,19-,20-/m0/s1. The van der Waals surface area contributed by atoms with Crippen LogP contribution in [0.4, 0.5) is 0 Å². The summed E-state index contributed by atoms with van der Waals surface area (Å²) in [5.41, 5.74) is 0.0841. The van der Waals surface area contributed by atoms with E-state index in [1.807, 2.05) is 18.2 Å². The number of piperidine rings is 1. The number of benzene rings is 1. The van der Waals surface area contributed by atoms with Crippen LogP contribution in [0.15, 0.2) is 24.3 Å². The van der Waals surface area contributed by atoms with Gasteiger partial charge in [-0.05, 0) is 69.9 Å². The van der Waals surface area contributed by atoms with Crippen LogP contribution < -0.4 is 9.46 Å². The van der Waals surface area contributed by atoms with Crippen molar-refractivity contribution in [3.63, 3.8) is 0 Å². The van der Waals surface area contributed by atoms with Crippen molar-refractivity contribution >= 4 is 15.9 Å². The molecule has 4 aliphatic rings. The zero-order valence-electron chi connectivity index (χ0n) is 18.7. The summed E-state index contributed by atoms with van der Waals surface area (Å²) in [5, 5.41) is 0. The van der Waals surface area contributed by atoms with E-state index in [0.717, 1.165) is 43.4 Å². The normalized spacial score (nSPS) is 31.5. The quantitative estimate of drug-likeness (QED) is 0.749. The summed E-state index contributed by atoms with van der Waals surface area (Å²) in [5.74, 6) is 1.02. The summed E-state index contributed by atoms with van der Waals surface area (Å²) < 4.78 is 39.4. The van der Waals surface area contributed by atoms with Crippen molar-refractivity contribution in [3.8, 4) is 5.75 Å². The van der Waals surface area contributed by atoms with E-state index in [-0.39, 0.29) is 24.1 Å². The summed E-state index contributed by atoms with van der Waals surface area (Å²) in [6, 6.07) is 7.32. The largest absolute Gasteiger partial charge is 0.478 e. The van der Waals surface area contributed by atoms with Crippen LogP contribution in [0.2, 0.25) is 0 Å². The van der Waals surface area contributed by atoms with Crippen LogP contribution in [0.25, 0.3) is 0 Å². The Bertz CT molecular complexity index is 908. The van der Waals surface area contributed by atoms with Gasteiger partial charge in [-0.1, -0.05) is 18.2 Å². The molecule has 3 heterocycles. The van der Waals surface area contributed by atoms with Crippen molar-refractivity contribution in [1.82, 2.24) is 9.62 Å². The van der Waals surface area contributed by atoms with Crippen LogP contribution in [-0.2, 0) is 19.6 Å². The predicted octanol–water partition coefficient (Wildman–Crippen LogP) is 2.81. The number of carbonyl (C=O) groups excluding carboxylic acids is 1. The van der Waals surface area contributed by atoms with Crippen LogP contribution in [0.3, 0.4) is 0 Å². The van der Waals surface area contributed by atoms with Crippen molar-refractivity contribution < 1.29 is 22.7 Å². The molecule has 0 spiro atoms. The van der Waals surface area contributed by atoms with Gasteiger partial charge in [-0.2, -0.15) is 0 Å². The average Bonchev–Trinajstić information content (AvgIpc) is 2.72. The maximum atomic E-state index is 13.7. The molecule has 1 saturated carbocycles. The van der Waals surface area contributed by atoms with E-state index < -0.39 is 15.6 Å². The van der Waals surface area contributed by atoms with Crippen molar-refractivity contribution in [3.05, 3.63) is 29.8 Å². The van der Waals surface area contributed by atoms with E-state index in [1.54, 1.807) is 18.7 Å². The molecule has 1 amide bonds. The fourth-order valence-corrected chi connectivity index (χ4v) is 6.10. The van der Waals surface area contributed by atoms with Crippen LogP contribution in [0, 0.1) is 0 Å². The minimum Gasteiger partial charge on any atom is -0.478 e. The number of nitrogens with one attached hydrogen (secondary N) is 1. The smallest absolute Gasteiger partial charge is 0.266 e. The second kappa shape index (κ2) is 8.71. The molecule has 172 valence electrons. The molecule has 1 aromatic carbocycles. The SMILES string of the molecule is CC1(C)Oc2ccccc2[C@H]2CC[C@H](CC2)OC[C@H]2[C@@H](NS(C)(=O)=O)CCCN2C1=O. The molecule has 3 aliphatic heterocycles.